The minimum atomic E-state index is -0.900. The number of hydrogen-bond acceptors (Lipinski definition) is 1. The number of nitrogens with one attached hydrogen (secondary N) is 1. The van der Waals surface area contributed by atoms with Crippen molar-refractivity contribution in [3.05, 3.63) is 35.6 Å². The van der Waals surface area contributed by atoms with Gasteiger partial charge >= 0.3 is 6.09 Å². The molecule has 2 rings (SSSR count). The van der Waals surface area contributed by atoms with Crippen LogP contribution in [0, 0.1) is 5.82 Å². The van der Waals surface area contributed by atoms with Crippen molar-refractivity contribution in [1.82, 2.24) is 5.32 Å². The van der Waals surface area contributed by atoms with Crippen LogP contribution in [0.25, 0.3) is 0 Å². The Morgan fingerprint density at radius 1 is 1.47 bits per heavy atom. The Kier molecular flexibility index (Phi) is 5.46. The van der Waals surface area contributed by atoms with Gasteiger partial charge in [0.15, 0.2) is 0 Å². The second-order valence-electron chi connectivity index (χ2n) is 4.07. The van der Waals surface area contributed by atoms with Crippen LogP contribution in [-0.2, 0) is 6.42 Å². The van der Waals surface area contributed by atoms with Crippen LogP contribution in [0.2, 0.25) is 0 Å². The van der Waals surface area contributed by atoms with E-state index in [0.29, 0.717) is 0 Å². The van der Waals surface area contributed by atoms with Crippen LogP contribution in [0.15, 0.2) is 24.3 Å². The van der Waals surface area contributed by atoms with Crippen LogP contribution in [0.4, 0.5) is 9.18 Å². The zero-order valence-electron chi connectivity index (χ0n) is 9.95. The number of benzene rings is 1. The average Bonchev–Trinajstić information content (AvgIpc) is 3.06. The van der Waals surface area contributed by atoms with Crippen molar-refractivity contribution in [3.8, 4) is 0 Å². The molecule has 2 N–H and O–H groups in total. The van der Waals surface area contributed by atoms with Gasteiger partial charge < -0.3 is 10.4 Å². The molecule has 4 heteroatoms. The molecule has 0 aliphatic heterocycles. The summed E-state index contributed by atoms with van der Waals surface area (Å²) in [6.07, 6.45) is 2.98. The first-order chi connectivity index (χ1) is 8.13. The summed E-state index contributed by atoms with van der Waals surface area (Å²) in [7, 11) is 0. The van der Waals surface area contributed by atoms with E-state index in [4.69, 9.17) is 5.11 Å². The zero-order chi connectivity index (χ0) is 12.7. The molecule has 0 aromatic heterocycles. The smallest absolute Gasteiger partial charge is 0.404 e. The molecule has 1 aromatic carbocycles. The van der Waals surface area contributed by atoms with Gasteiger partial charge in [-0.15, -0.1) is 0 Å². The van der Waals surface area contributed by atoms with Crippen LogP contribution < -0.4 is 5.32 Å². The summed E-state index contributed by atoms with van der Waals surface area (Å²) in [5.41, 5.74) is 0.824. The number of halogens is 1. The van der Waals surface area contributed by atoms with Gasteiger partial charge in [0, 0.05) is 6.04 Å². The van der Waals surface area contributed by atoms with Gasteiger partial charge in [-0.25, -0.2) is 9.18 Å². The third kappa shape index (κ3) is 5.90. The van der Waals surface area contributed by atoms with Gasteiger partial charge in [-0.05, 0) is 30.9 Å². The molecule has 1 aliphatic rings. The number of carboxylic acid groups (broad SMARTS) is 1. The highest BCUT2D eigenvalue weighted by molar-refractivity contribution is 5.65. The van der Waals surface area contributed by atoms with Crippen molar-refractivity contribution in [2.24, 2.45) is 0 Å². The summed E-state index contributed by atoms with van der Waals surface area (Å²) in [5.74, 6) is -0.0793. The predicted octanol–water partition coefficient (Wildman–Crippen LogP) is 3.19. The number of carbonyl (C=O) groups is 1. The minimum absolute atomic E-state index is 0.0793. The lowest BCUT2D eigenvalue weighted by Gasteiger charge is -1.97. The molecule has 1 aromatic rings. The first-order valence-electron chi connectivity index (χ1n) is 5.86. The van der Waals surface area contributed by atoms with E-state index in [-0.39, 0.29) is 11.9 Å². The molecule has 1 aliphatic carbocycles. The van der Waals surface area contributed by atoms with E-state index in [9.17, 15) is 9.18 Å². The first kappa shape index (κ1) is 13.5. The van der Waals surface area contributed by atoms with Gasteiger partial charge in [0.25, 0.3) is 0 Å². The van der Waals surface area contributed by atoms with Gasteiger partial charge in [0.1, 0.15) is 5.82 Å². The van der Waals surface area contributed by atoms with Crippen molar-refractivity contribution in [1.29, 1.82) is 0 Å². The molecule has 94 valence electrons. The average molecular weight is 239 g/mol. The third-order valence-corrected chi connectivity index (χ3v) is 2.38. The van der Waals surface area contributed by atoms with Gasteiger partial charge in [-0.2, -0.15) is 0 Å². The maximum absolute atomic E-state index is 12.8. The van der Waals surface area contributed by atoms with Crippen LogP contribution in [0.1, 0.15) is 31.7 Å². The van der Waals surface area contributed by atoms with Gasteiger partial charge in [0.2, 0.25) is 0 Å². The highest BCUT2D eigenvalue weighted by Gasteiger charge is 2.22. The van der Waals surface area contributed by atoms with E-state index in [2.05, 4.69) is 5.32 Å². The van der Waals surface area contributed by atoms with Crippen molar-refractivity contribution < 1.29 is 14.3 Å². The molecule has 3 nitrogen and oxygen atoms in total. The summed E-state index contributed by atoms with van der Waals surface area (Å²) in [6, 6.07) is 7.20. The van der Waals surface area contributed by atoms with E-state index in [1.54, 1.807) is 6.07 Å². The zero-order valence-corrected chi connectivity index (χ0v) is 9.95. The third-order valence-electron chi connectivity index (χ3n) is 2.38. The normalized spacial score (nSPS) is 13.5. The lowest BCUT2D eigenvalue weighted by atomic mass is 10.1. The van der Waals surface area contributed by atoms with E-state index in [0.717, 1.165) is 31.2 Å². The SMILES string of the molecule is CCCc1ccccc1F.O=C(O)NC1CC1. The minimum Gasteiger partial charge on any atom is -0.465 e. The topological polar surface area (TPSA) is 49.3 Å². The first-order valence-corrected chi connectivity index (χ1v) is 5.86. The summed E-state index contributed by atoms with van der Waals surface area (Å²) >= 11 is 0. The quantitative estimate of drug-likeness (QED) is 0.851. The lowest BCUT2D eigenvalue weighted by Crippen LogP contribution is -2.22. The fraction of sp³-hybridized carbons (Fsp3) is 0.462. The predicted molar refractivity (Wildman–Crippen MR) is 64.6 cm³/mol. The van der Waals surface area contributed by atoms with Crippen LogP contribution in [0.5, 0.6) is 0 Å². The maximum Gasteiger partial charge on any atom is 0.404 e. The Bertz CT molecular complexity index is 364. The molecule has 0 radical (unpaired) electrons. The second-order valence-corrected chi connectivity index (χ2v) is 4.07. The summed E-state index contributed by atoms with van der Waals surface area (Å²) in [4.78, 5) is 9.74. The van der Waals surface area contributed by atoms with Crippen molar-refractivity contribution in [2.75, 3.05) is 0 Å². The molecule has 1 saturated carbocycles. The molecule has 17 heavy (non-hydrogen) atoms. The molecular weight excluding hydrogens is 221 g/mol. The number of rotatable bonds is 3. The number of amides is 1. The largest absolute Gasteiger partial charge is 0.465 e. The van der Waals surface area contributed by atoms with Gasteiger partial charge in [-0.3, -0.25) is 0 Å². The Morgan fingerprint density at radius 2 is 2.12 bits per heavy atom. The highest BCUT2D eigenvalue weighted by Crippen LogP contribution is 2.17. The molecule has 0 spiro atoms. The molecule has 1 amide bonds. The Morgan fingerprint density at radius 3 is 2.53 bits per heavy atom. The maximum atomic E-state index is 12.8. The van der Waals surface area contributed by atoms with Crippen LogP contribution in [-0.4, -0.2) is 17.2 Å². The van der Waals surface area contributed by atoms with E-state index in [1.807, 2.05) is 19.1 Å². The molecule has 0 heterocycles. The number of aryl methyl sites for hydroxylation is 1. The van der Waals surface area contributed by atoms with E-state index in [1.165, 1.54) is 6.07 Å². The highest BCUT2D eigenvalue weighted by atomic mass is 19.1. The molecule has 0 bridgehead atoms. The summed E-state index contributed by atoms with van der Waals surface area (Å²) < 4.78 is 12.8. The fourth-order valence-corrected chi connectivity index (χ4v) is 1.37. The second kappa shape index (κ2) is 6.89. The standard InChI is InChI=1S/C9H11F.C4H7NO2/c1-2-5-8-6-3-4-7-9(8)10;6-4(7)5-3-1-2-3/h3-4,6-7H,2,5H2,1H3;3,5H,1-2H2,(H,6,7). The van der Waals surface area contributed by atoms with Crippen molar-refractivity contribution in [3.63, 3.8) is 0 Å². The molecule has 0 atom stereocenters. The van der Waals surface area contributed by atoms with Crippen molar-refractivity contribution >= 4 is 6.09 Å². The van der Waals surface area contributed by atoms with Crippen molar-refractivity contribution in [2.45, 2.75) is 38.6 Å². The van der Waals surface area contributed by atoms with E-state index < -0.39 is 6.09 Å². The van der Waals surface area contributed by atoms with E-state index >= 15 is 0 Å². The monoisotopic (exact) mass is 239 g/mol. The lowest BCUT2D eigenvalue weighted by molar-refractivity contribution is 0.194. The molecule has 0 saturated heterocycles. The molecule has 0 unspecified atom stereocenters. The number of hydrogen-bond donors (Lipinski definition) is 2. The van der Waals surface area contributed by atoms with Gasteiger partial charge in [-0.1, -0.05) is 31.5 Å². The fourth-order valence-electron chi connectivity index (χ4n) is 1.37. The Hall–Kier alpha value is -1.58. The Labute approximate surface area is 101 Å². The van der Waals surface area contributed by atoms with Gasteiger partial charge in [0.05, 0.1) is 0 Å². The Balaban J connectivity index is 0.000000181. The molecular formula is C13H18FNO2. The summed E-state index contributed by atoms with van der Waals surface area (Å²) in [5, 5.41) is 10.3. The van der Waals surface area contributed by atoms with Crippen LogP contribution >= 0.6 is 0 Å². The summed E-state index contributed by atoms with van der Waals surface area (Å²) in [6.45, 7) is 2.05. The molecule has 1 fully saturated rings. The van der Waals surface area contributed by atoms with Crippen LogP contribution in [0.3, 0.4) is 0 Å².